The van der Waals surface area contributed by atoms with E-state index in [9.17, 15) is 9.59 Å². The highest BCUT2D eigenvalue weighted by molar-refractivity contribution is 14.1. The van der Waals surface area contributed by atoms with Crippen LogP contribution in [0, 0.1) is 10.7 Å². The maximum absolute atomic E-state index is 12.3. The van der Waals surface area contributed by atoms with Crippen LogP contribution in [0.5, 0.6) is 5.75 Å². The van der Waals surface area contributed by atoms with E-state index >= 15 is 0 Å². The molecule has 1 aliphatic heterocycles. The van der Waals surface area contributed by atoms with Crippen molar-refractivity contribution in [1.82, 2.24) is 10.2 Å². The van der Waals surface area contributed by atoms with Gasteiger partial charge in [0.15, 0.2) is 0 Å². The Morgan fingerprint density at radius 3 is 2.32 bits per heavy atom. The smallest absolute Gasteiger partial charge is 0.329 e. The number of benzene rings is 2. The van der Waals surface area contributed by atoms with E-state index in [0.717, 1.165) is 28.9 Å². The van der Waals surface area contributed by atoms with Crippen molar-refractivity contribution in [2.24, 2.45) is 0 Å². The number of nitrogens with one attached hydrogen (secondary N) is 1. The van der Waals surface area contributed by atoms with E-state index in [1.165, 1.54) is 9.65 Å². The molecule has 3 rings (SSSR count). The highest BCUT2D eigenvalue weighted by atomic mass is 127. The quantitative estimate of drug-likeness (QED) is 0.195. The van der Waals surface area contributed by atoms with Gasteiger partial charge in [-0.1, -0.05) is 18.2 Å². The first-order valence-corrected chi connectivity index (χ1v) is 11.4. The van der Waals surface area contributed by atoms with Crippen LogP contribution in [0.3, 0.4) is 0 Å². The minimum absolute atomic E-state index is 0.183. The molecule has 0 bridgehead atoms. The van der Waals surface area contributed by atoms with E-state index in [1.807, 2.05) is 36.4 Å². The summed E-state index contributed by atoms with van der Waals surface area (Å²) in [5, 5.41) is 2.61. The topological polar surface area (TPSA) is 58.6 Å². The van der Waals surface area contributed by atoms with Crippen LogP contribution in [0.15, 0.2) is 54.8 Å². The third-order valence-corrected chi connectivity index (χ3v) is 6.22. The number of urea groups is 1. The first-order valence-electron chi connectivity index (χ1n) is 8.20. The van der Waals surface area contributed by atoms with Crippen LogP contribution in [0.1, 0.15) is 11.1 Å². The molecule has 0 radical (unpaired) electrons. The Morgan fingerprint density at radius 1 is 1.07 bits per heavy atom. The number of nitrogens with zero attached hydrogens (tertiary/aromatic N) is 1. The highest BCUT2D eigenvalue weighted by Crippen LogP contribution is 2.31. The zero-order chi connectivity index (χ0) is 20.3. The number of ether oxygens (including phenoxy) is 1. The maximum atomic E-state index is 12.3. The minimum Gasteiger partial charge on any atom is -0.487 e. The Hall–Kier alpha value is -1.15. The summed E-state index contributed by atoms with van der Waals surface area (Å²) in [5.74, 6) is 0.450. The zero-order valence-corrected chi connectivity index (χ0v) is 21.0. The van der Waals surface area contributed by atoms with E-state index in [4.69, 9.17) is 4.74 Å². The number of halogens is 3. The molecule has 0 aliphatic carbocycles. The van der Waals surface area contributed by atoms with Crippen LogP contribution < -0.4 is 10.1 Å². The van der Waals surface area contributed by atoms with Gasteiger partial charge in [0.1, 0.15) is 18.1 Å². The third kappa shape index (κ3) is 5.06. The van der Waals surface area contributed by atoms with Crippen molar-refractivity contribution in [1.29, 1.82) is 0 Å². The molecule has 0 saturated carbocycles. The summed E-state index contributed by atoms with van der Waals surface area (Å²) in [6.45, 7) is 4.23. The number of carbonyl (C=O) groups excluding carboxylic acids is 2. The van der Waals surface area contributed by atoms with Gasteiger partial charge in [-0.05, 0) is 109 Å². The molecule has 1 saturated heterocycles. The molecule has 1 heterocycles. The van der Waals surface area contributed by atoms with Gasteiger partial charge >= 0.3 is 6.03 Å². The molecule has 1 aliphatic rings. The molecule has 1 N–H and O–H groups in total. The normalized spacial score (nSPS) is 15.1. The molecular weight excluding hydrogens is 697 g/mol. The second-order valence-electron chi connectivity index (χ2n) is 5.92. The van der Waals surface area contributed by atoms with Crippen LogP contribution in [-0.2, 0) is 11.4 Å². The number of hydrogen-bond donors (Lipinski definition) is 1. The number of carbonyl (C=O) groups is 2. The van der Waals surface area contributed by atoms with Crippen molar-refractivity contribution in [3.05, 3.63) is 76.6 Å². The van der Waals surface area contributed by atoms with Crippen molar-refractivity contribution in [3.63, 3.8) is 0 Å². The van der Waals surface area contributed by atoms with Gasteiger partial charge in [0, 0.05) is 10.1 Å². The lowest BCUT2D eigenvalue weighted by Gasteiger charge is -2.12. The molecule has 2 aromatic carbocycles. The number of imide groups is 1. The average molecular weight is 712 g/mol. The largest absolute Gasteiger partial charge is 0.487 e. The highest BCUT2D eigenvalue weighted by Gasteiger charge is 2.32. The predicted molar refractivity (Wildman–Crippen MR) is 134 cm³/mol. The predicted octanol–water partition coefficient (Wildman–Crippen LogP) is 5.16. The molecule has 2 aromatic rings. The van der Waals surface area contributed by atoms with Crippen molar-refractivity contribution in [2.45, 2.75) is 6.61 Å². The van der Waals surface area contributed by atoms with Gasteiger partial charge < -0.3 is 10.1 Å². The van der Waals surface area contributed by atoms with E-state index in [1.54, 1.807) is 6.08 Å². The monoisotopic (exact) mass is 712 g/mol. The second-order valence-corrected chi connectivity index (χ2v) is 9.49. The molecule has 0 spiro atoms. The average Bonchev–Trinajstić information content (AvgIpc) is 2.90. The maximum Gasteiger partial charge on any atom is 0.329 e. The summed E-state index contributed by atoms with van der Waals surface area (Å²) in [6, 6.07) is 11.6. The SMILES string of the molecule is C=CCN1C(=O)N/C(=C/c2cc(I)c(OCc3ccc(I)cc3)c(I)c2)C1=O. The summed E-state index contributed by atoms with van der Waals surface area (Å²) < 4.78 is 9.06. The van der Waals surface area contributed by atoms with Crippen LogP contribution >= 0.6 is 67.8 Å². The second kappa shape index (κ2) is 9.57. The third-order valence-electron chi connectivity index (χ3n) is 3.90. The van der Waals surface area contributed by atoms with Crippen LogP contribution in [0.2, 0.25) is 0 Å². The van der Waals surface area contributed by atoms with Crippen molar-refractivity contribution in [3.8, 4) is 5.75 Å². The number of rotatable bonds is 6. The van der Waals surface area contributed by atoms with Crippen LogP contribution in [-0.4, -0.2) is 23.4 Å². The molecule has 5 nitrogen and oxygen atoms in total. The number of hydrogen-bond acceptors (Lipinski definition) is 3. The van der Waals surface area contributed by atoms with Gasteiger partial charge in [-0.15, -0.1) is 6.58 Å². The summed E-state index contributed by atoms with van der Waals surface area (Å²) >= 11 is 6.71. The summed E-state index contributed by atoms with van der Waals surface area (Å²) in [4.78, 5) is 25.3. The van der Waals surface area contributed by atoms with Crippen LogP contribution in [0.4, 0.5) is 4.79 Å². The van der Waals surface area contributed by atoms with E-state index in [-0.39, 0.29) is 18.1 Å². The molecule has 0 unspecified atom stereocenters. The Bertz CT molecular complexity index is 948. The first-order chi connectivity index (χ1) is 13.4. The van der Waals surface area contributed by atoms with Gasteiger partial charge in [0.2, 0.25) is 0 Å². The summed E-state index contributed by atoms with van der Waals surface area (Å²) in [6.07, 6.45) is 3.20. The van der Waals surface area contributed by atoms with Gasteiger partial charge in [0.25, 0.3) is 5.91 Å². The Labute approximate surface area is 204 Å². The first kappa shape index (κ1) is 21.6. The van der Waals surface area contributed by atoms with Gasteiger partial charge in [0.05, 0.1) is 7.14 Å². The fraction of sp³-hybridized carbons (Fsp3) is 0.100. The van der Waals surface area contributed by atoms with Crippen molar-refractivity contribution < 1.29 is 14.3 Å². The Kier molecular flexibility index (Phi) is 7.36. The molecule has 8 heteroatoms. The van der Waals surface area contributed by atoms with Gasteiger partial charge in [-0.25, -0.2) is 4.79 Å². The lowest BCUT2D eigenvalue weighted by Crippen LogP contribution is -2.30. The van der Waals surface area contributed by atoms with Gasteiger partial charge in [-0.2, -0.15) is 0 Å². The lowest BCUT2D eigenvalue weighted by molar-refractivity contribution is -0.122. The zero-order valence-electron chi connectivity index (χ0n) is 14.5. The van der Waals surface area contributed by atoms with E-state index in [2.05, 4.69) is 79.7 Å². The van der Waals surface area contributed by atoms with Crippen molar-refractivity contribution in [2.75, 3.05) is 6.54 Å². The molecule has 0 aromatic heterocycles. The van der Waals surface area contributed by atoms with Crippen molar-refractivity contribution >= 4 is 85.8 Å². The lowest BCUT2D eigenvalue weighted by atomic mass is 10.2. The van der Waals surface area contributed by atoms with Crippen LogP contribution in [0.25, 0.3) is 6.08 Å². The molecule has 3 amide bonds. The molecule has 0 atom stereocenters. The molecular formula is C20H15I3N2O3. The molecule has 28 heavy (non-hydrogen) atoms. The number of amides is 3. The van der Waals surface area contributed by atoms with E-state index < -0.39 is 6.03 Å². The molecule has 144 valence electrons. The summed E-state index contributed by atoms with van der Waals surface area (Å²) in [5.41, 5.74) is 2.17. The fourth-order valence-electron chi connectivity index (χ4n) is 2.57. The van der Waals surface area contributed by atoms with Gasteiger partial charge in [-0.3, -0.25) is 9.69 Å². The minimum atomic E-state index is -0.432. The fourth-order valence-corrected chi connectivity index (χ4v) is 5.06. The Morgan fingerprint density at radius 2 is 1.71 bits per heavy atom. The van der Waals surface area contributed by atoms with E-state index in [0.29, 0.717) is 6.61 Å². The Balaban J connectivity index is 1.78. The summed E-state index contributed by atoms with van der Waals surface area (Å²) in [7, 11) is 0. The molecule has 1 fully saturated rings. The standard InChI is InChI=1S/C20H15I3N2O3/c1-2-7-25-19(26)17(24-20(25)27)10-13-8-15(22)18(16(23)9-13)28-11-12-3-5-14(21)6-4-12/h2-6,8-10H,1,7,11H2,(H,24,27)/b17-10+.